The number of aryl methyl sites for hydroxylation is 1. The molecule has 2 N–H and O–H groups in total. The van der Waals surface area contributed by atoms with Crippen molar-refractivity contribution >= 4 is 48.1 Å². The number of rotatable bonds is 27. The Balaban J connectivity index is -0.000000933. The summed E-state index contributed by atoms with van der Waals surface area (Å²) < 4.78 is 36.9. The van der Waals surface area contributed by atoms with E-state index in [0.29, 0.717) is 32.0 Å². The molecule has 18 heteroatoms. The molecule has 0 aliphatic rings. The van der Waals surface area contributed by atoms with E-state index in [1.54, 1.807) is 6.92 Å². The number of phenolic OH excluding ortho intramolecular Hbond substituents is 2. The monoisotopic (exact) mass is 1110 g/mol. The summed E-state index contributed by atoms with van der Waals surface area (Å²) in [4.78, 5) is 55.0. The maximum absolute atomic E-state index is 11.7. The minimum absolute atomic E-state index is 0. The Hall–Kier alpha value is -5.22. The fourth-order valence-corrected chi connectivity index (χ4v) is 8.52. The maximum Gasteiger partial charge on any atom is 0.338 e. The van der Waals surface area contributed by atoms with E-state index in [-0.39, 0.29) is 104 Å². The standard InChI is InChI=1S/C19H26O9.C16H26P.C10H14O5.C9H12N.BrH.ClH/c1-14(2)18(22)27-11-9-25-7-5-24-6-8-26-10-12-28-19(23)15-3-4-16(20)17(21)13-15;1-6-17(7-2,8-3)13-15-9-11-16(12-10-15)14(4)5;1-7(2)10(13)15-5-4-14-9(12)6-8(3)11;1-8(2)9-4-6-10(3)7-5-9;;/h3-4,13,20-21H,1,5-12H2,2H3;9-12H,4,6-8,13H2,1-3,5H3;1,4-6H2,2-3H3;4-7H,1H2,2-3H3;2*1H/q;+1;;+1;;/p-2. The number of esters is 4. The Kier molecular flexibility index (Phi) is 40.7. The molecule has 0 spiro atoms. The van der Waals surface area contributed by atoms with Gasteiger partial charge in [-0.3, -0.25) is 9.59 Å². The third-order valence-electron chi connectivity index (χ3n) is 9.99. The number of aromatic hydroxyl groups is 2. The van der Waals surface area contributed by atoms with Crippen molar-refractivity contribution in [1.29, 1.82) is 0 Å². The Morgan fingerprint density at radius 2 is 0.931 bits per heavy atom. The van der Waals surface area contributed by atoms with Crippen molar-refractivity contribution in [1.82, 2.24) is 0 Å². The van der Waals surface area contributed by atoms with Gasteiger partial charge in [0.05, 0.1) is 69.9 Å². The number of allylic oxidation sites excluding steroid dienone is 2. The quantitative estimate of drug-likeness (QED) is 0.0166. The predicted molar refractivity (Wildman–Crippen MR) is 276 cm³/mol. The van der Waals surface area contributed by atoms with Crippen LogP contribution in [-0.4, -0.2) is 124 Å². The lowest BCUT2D eigenvalue weighted by Gasteiger charge is -2.23. The van der Waals surface area contributed by atoms with Gasteiger partial charge in [-0.1, -0.05) is 61.7 Å². The first-order valence-electron chi connectivity index (χ1n) is 23.0. The lowest BCUT2D eigenvalue weighted by molar-refractivity contribution is -0.671. The van der Waals surface area contributed by atoms with Crippen LogP contribution in [0.3, 0.4) is 0 Å². The van der Waals surface area contributed by atoms with E-state index in [1.807, 2.05) is 30.9 Å². The molecule has 402 valence electrons. The lowest BCUT2D eigenvalue weighted by Crippen LogP contribution is -3.00. The number of nitrogens with zero attached hydrogens (tertiary/aromatic N) is 1. The van der Waals surface area contributed by atoms with Gasteiger partial charge in [-0.2, -0.15) is 0 Å². The van der Waals surface area contributed by atoms with Crippen LogP contribution < -0.4 is 34.0 Å². The number of benzene rings is 2. The number of hydrogen-bond acceptors (Lipinski definition) is 14. The molecule has 1 aromatic heterocycles. The van der Waals surface area contributed by atoms with E-state index in [9.17, 15) is 34.2 Å². The van der Waals surface area contributed by atoms with E-state index in [4.69, 9.17) is 23.7 Å². The highest BCUT2D eigenvalue weighted by Gasteiger charge is 2.31. The molecule has 0 radical (unpaired) electrons. The number of Topliss-reactive ketones (excluding diaryl/α,β-unsaturated/α-hetero) is 1. The zero-order valence-corrected chi connectivity index (χ0v) is 47.0. The largest absolute Gasteiger partial charge is 1.00 e. The van der Waals surface area contributed by atoms with Gasteiger partial charge < -0.3 is 72.8 Å². The van der Waals surface area contributed by atoms with Crippen molar-refractivity contribution in [3.63, 3.8) is 0 Å². The molecule has 0 atom stereocenters. The number of phenols is 2. The molecule has 0 amide bonds. The van der Waals surface area contributed by atoms with Gasteiger partial charge >= 0.3 is 23.9 Å². The van der Waals surface area contributed by atoms with Gasteiger partial charge in [0.2, 0.25) is 0 Å². The summed E-state index contributed by atoms with van der Waals surface area (Å²) in [5.41, 5.74) is 7.00. The summed E-state index contributed by atoms with van der Waals surface area (Å²) >= 11 is 0. The van der Waals surface area contributed by atoms with E-state index in [2.05, 4.69) is 99.9 Å². The highest BCUT2D eigenvalue weighted by atomic mass is 79.9. The normalized spacial score (nSPS) is 10.0. The molecule has 0 fully saturated rings. The maximum atomic E-state index is 11.7. The van der Waals surface area contributed by atoms with E-state index in [0.717, 1.165) is 17.2 Å². The first-order chi connectivity index (χ1) is 33.1. The van der Waals surface area contributed by atoms with Crippen molar-refractivity contribution in [3.05, 3.63) is 127 Å². The highest BCUT2D eigenvalue weighted by molar-refractivity contribution is 7.75. The molecule has 15 nitrogen and oxygen atoms in total. The average molecular weight is 1110 g/mol. The first kappa shape index (κ1) is 71.0. The Morgan fingerprint density at radius 3 is 1.33 bits per heavy atom. The number of ketones is 1. The second-order valence-corrected chi connectivity index (χ2v) is 21.0. The zero-order chi connectivity index (χ0) is 53.1. The second kappa shape index (κ2) is 41.3. The molecule has 1 heterocycles. The SMILES string of the molecule is C=C(C)C(=O)OCCOC(=O)CC(C)=O.C=C(C)C(=O)OCCOCCOCCOCCOC(=O)c1ccc(O)c(O)c1.C=C(C)c1cc[n+](C)cc1.C=C(C)c1ccc(C[P+](CC)(CC)CC)cc1.[Br-].[Cl-]. The molecule has 0 unspecified atom stereocenters. The summed E-state index contributed by atoms with van der Waals surface area (Å²) in [6.45, 7) is 32.3. The van der Waals surface area contributed by atoms with Crippen LogP contribution in [0.4, 0.5) is 0 Å². The third-order valence-corrected chi connectivity index (χ3v) is 15.1. The number of pyridine rings is 1. The van der Waals surface area contributed by atoms with Gasteiger partial charge in [0.1, 0.15) is 45.7 Å². The lowest BCUT2D eigenvalue weighted by atomic mass is 10.1. The van der Waals surface area contributed by atoms with E-state index in [1.165, 1.54) is 67.3 Å². The highest BCUT2D eigenvalue weighted by Crippen LogP contribution is 2.60. The van der Waals surface area contributed by atoms with Crippen LogP contribution in [0.25, 0.3) is 11.1 Å². The summed E-state index contributed by atoms with van der Waals surface area (Å²) in [6.07, 6.45) is 9.22. The average Bonchev–Trinajstić information content (AvgIpc) is 3.32. The van der Waals surface area contributed by atoms with E-state index >= 15 is 0 Å². The molecule has 72 heavy (non-hydrogen) atoms. The molecule has 0 aliphatic carbocycles. The third kappa shape index (κ3) is 33.4. The smallest absolute Gasteiger partial charge is 0.338 e. The van der Waals surface area contributed by atoms with Crippen LogP contribution in [0.2, 0.25) is 0 Å². The van der Waals surface area contributed by atoms with Crippen molar-refractivity contribution in [3.8, 4) is 11.5 Å². The molecule has 0 saturated heterocycles. The summed E-state index contributed by atoms with van der Waals surface area (Å²) in [5.74, 6) is -3.17. The fourth-order valence-electron chi connectivity index (χ4n) is 5.53. The summed E-state index contributed by atoms with van der Waals surface area (Å²) in [6, 6.07) is 16.8. The Bertz CT molecular complexity index is 2120. The van der Waals surface area contributed by atoms with Crippen molar-refractivity contribution in [2.24, 2.45) is 7.05 Å². The van der Waals surface area contributed by atoms with Crippen LogP contribution in [0, 0.1) is 0 Å². The number of ether oxygens (including phenoxy) is 7. The van der Waals surface area contributed by atoms with Crippen LogP contribution in [0.15, 0.2) is 104 Å². The number of halogens is 2. The fraction of sp³-hybridized carbons (Fsp3) is 0.444. The molecular formula is C54H78BrClNO14P. The van der Waals surface area contributed by atoms with Gasteiger partial charge in [-0.15, -0.1) is 0 Å². The van der Waals surface area contributed by atoms with Crippen LogP contribution in [0.1, 0.15) is 88.9 Å². The molecule has 3 aromatic rings. The summed E-state index contributed by atoms with van der Waals surface area (Å²) in [5, 5.41) is 18.5. The van der Waals surface area contributed by atoms with Gasteiger partial charge in [-0.25, -0.2) is 19.0 Å². The molecule has 3 rings (SSSR count). The number of hydrogen-bond donors (Lipinski definition) is 2. The van der Waals surface area contributed by atoms with Crippen LogP contribution in [-0.2, 0) is 65.5 Å². The zero-order valence-electron chi connectivity index (χ0n) is 43.7. The van der Waals surface area contributed by atoms with Crippen LogP contribution >= 0.6 is 7.26 Å². The molecule has 0 saturated carbocycles. The predicted octanol–water partition coefficient (Wildman–Crippen LogP) is 2.90. The molecular weight excluding hydrogens is 1030 g/mol. The number of aromatic nitrogens is 1. The molecule has 0 bridgehead atoms. The Morgan fingerprint density at radius 1 is 0.542 bits per heavy atom. The van der Waals surface area contributed by atoms with Crippen LogP contribution in [0.5, 0.6) is 11.5 Å². The number of carbonyl (C=O) groups excluding carboxylic acids is 5. The number of carbonyl (C=O) groups is 5. The van der Waals surface area contributed by atoms with Gasteiger partial charge in [0.25, 0.3) is 0 Å². The van der Waals surface area contributed by atoms with Gasteiger partial charge in [0, 0.05) is 30.5 Å². The molecule has 2 aromatic carbocycles. The summed E-state index contributed by atoms with van der Waals surface area (Å²) in [7, 11) is 1.28. The van der Waals surface area contributed by atoms with Crippen molar-refractivity contribution < 1.29 is 101 Å². The topological polar surface area (TPSA) is 194 Å². The second-order valence-electron chi connectivity index (χ2n) is 16.1. The van der Waals surface area contributed by atoms with Crippen molar-refractivity contribution in [2.75, 3.05) is 84.6 Å². The van der Waals surface area contributed by atoms with E-state index < -0.39 is 31.1 Å². The molecule has 0 aliphatic heterocycles. The first-order valence-corrected chi connectivity index (χ1v) is 25.6. The van der Waals surface area contributed by atoms with Gasteiger partial charge in [0.15, 0.2) is 23.9 Å². The van der Waals surface area contributed by atoms with Gasteiger partial charge in [-0.05, 0) is 90.3 Å². The Labute approximate surface area is 445 Å². The minimum Gasteiger partial charge on any atom is -1.00 e. The van der Waals surface area contributed by atoms with Crippen molar-refractivity contribution in [2.45, 2.75) is 68.0 Å². The minimum atomic E-state index is -0.722.